The second-order valence-corrected chi connectivity index (χ2v) is 6.52. The lowest BCUT2D eigenvalue weighted by Crippen LogP contribution is -2.27. The summed E-state index contributed by atoms with van der Waals surface area (Å²) in [6.07, 6.45) is 0. The highest BCUT2D eigenvalue weighted by Gasteiger charge is 2.21. The number of amides is 1. The van der Waals surface area contributed by atoms with Crippen molar-refractivity contribution in [3.8, 4) is 0 Å². The summed E-state index contributed by atoms with van der Waals surface area (Å²) in [6, 6.07) is 8.02. The molecule has 0 N–H and O–H groups in total. The molecule has 0 aliphatic rings. The van der Waals surface area contributed by atoms with Crippen molar-refractivity contribution in [2.24, 2.45) is 7.05 Å². The number of hydrogen-bond acceptors (Lipinski definition) is 4. The molecular weight excluding hydrogens is 296 g/mol. The lowest BCUT2D eigenvalue weighted by molar-refractivity contribution is 0.0783. The fourth-order valence-corrected chi connectivity index (χ4v) is 3.56. The highest BCUT2D eigenvalue weighted by Crippen LogP contribution is 2.23. The van der Waals surface area contributed by atoms with Crippen molar-refractivity contribution in [3.63, 3.8) is 0 Å². The lowest BCUT2D eigenvalue weighted by Gasteiger charge is -2.15. The van der Waals surface area contributed by atoms with Crippen LogP contribution >= 0.6 is 11.3 Å². The number of nitrogens with zero attached hydrogens (tertiary/aromatic N) is 4. The van der Waals surface area contributed by atoms with E-state index in [2.05, 4.69) is 10.1 Å². The van der Waals surface area contributed by atoms with Crippen molar-refractivity contribution in [2.75, 3.05) is 7.05 Å². The molecule has 0 unspecified atom stereocenters. The number of rotatable bonds is 3. The van der Waals surface area contributed by atoms with E-state index in [0.717, 1.165) is 26.6 Å². The van der Waals surface area contributed by atoms with Crippen molar-refractivity contribution in [1.82, 2.24) is 19.7 Å². The van der Waals surface area contributed by atoms with Crippen LogP contribution in [0, 0.1) is 13.8 Å². The minimum atomic E-state index is -0.0117. The average Bonchev–Trinajstić information content (AvgIpc) is 2.99. The molecular formula is C16H18N4OS. The van der Waals surface area contributed by atoms with Crippen molar-refractivity contribution in [2.45, 2.75) is 20.4 Å². The summed E-state index contributed by atoms with van der Waals surface area (Å²) in [6.45, 7) is 4.29. The van der Waals surface area contributed by atoms with Gasteiger partial charge in [0.05, 0.1) is 28.0 Å². The third kappa shape index (κ3) is 2.50. The molecule has 22 heavy (non-hydrogen) atoms. The summed E-state index contributed by atoms with van der Waals surface area (Å²) in [5, 5.41) is 5.25. The van der Waals surface area contributed by atoms with E-state index in [1.165, 1.54) is 0 Å². The normalized spacial score (nSPS) is 11.1. The van der Waals surface area contributed by atoms with Gasteiger partial charge in [0.15, 0.2) is 0 Å². The molecule has 0 fully saturated rings. The number of aryl methyl sites for hydroxylation is 2. The largest absolute Gasteiger partial charge is 0.335 e. The Morgan fingerprint density at radius 1 is 1.32 bits per heavy atom. The first-order valence-corrected chi connectivity index (χ1v) is 7.89. The summed E-state index contributed by atoms with van der Waals surface area (Å²) in [7, 11) is 3.66. The van der Waals surface area contributed by atoms with Gasteiger partial charge in [0.1, 0.15) is 5.01 Å². The van der Waals surface area contributed by atoms with Gasteiger partial charge in [-0.25, -0.2) is 4.98 Å². The number of carbonyl (C=O) groups is 1. The Morgan fingerprint density at radius 2 is 2.05 bits per heavy atom. The Morgan fingerprint density at radius 3 is 2.68 bits per heavy atom. The SMILES string of the molecule is Cc1nn(C)c(C)c1C(=O)N(C)Cc1nc2ccccc2s1. The van der Waals surface area contributed by atoms with Crippen LogP contribution in [0.2, 0.25) is 0 Å². The van der Waals surface area contributed by atoms with Crippen LogP contribution < -0.4 is 0 Å². The summed E-state index contributed by atoms with van der Waals surface area (Å²) in [5.41, 5.74) is 3.32. The minimum Gasteiger partial charge on any atom is -0.335 e. The first-order chi connectivity index (χ1) is 10.5. The van der Waals surface area contributed by atoms with Crippen LogP contribution in [0.3, 0.4) is 0 Å². The first-order valence-electron chi connectivity index (χ1n) is 7.07. The third-order valence-corrected chi connectivity index (χ3v) is 4.80. The third-order valence-electron chi connectivity index (χ3n) is 3.78. The number of benzene rings is 1. The van der Waals surface area contributed by atoms with Gasteiger partial charge in [-0.05, 0) is 26.0 Å². The van der Waals surface area contributed by atoms with E-state index in [9.17, 15) is 4.79 Å². The maximum atomic E-state index is 12.7. The van der Waals surface area contributed by atoms with E-state index >= 15 is 0 Å². The monoisotopic (exact) mass is 314 g/mol. The number of thiazole rings is 1. The molecule has 0 saturated heterocycles. The predicted molar refractivity (Wildman–Crippen MR) is 88.1 cm³/mol. The summed E-state index contributed by atoms with van der Waals surface area (Å²) in [4.78, 5) is 19.0. The molecule has 0 aliphatic carbocycles. The first kappa shape index (κ1) is 14.7. The molecule has 0 atom stereocenters. The summed E-state index contributed by atoms with van der Waals surface area (Å²) >= 11 is 1.63. The van der Waals surface area contributed by atoms with Gasteiger partial charge in [0.2, 0.25) is 0 Å². The van der Waals surface area contributed by atoms with E-state index < -0.39 is 0 Å². The fraction of sp³-hybridized carbons (Fsp3) is 0.312. The van der Waals surface area contributed by atoms with Gasteiger partial charge in [-0.1, -0.05) is 12.1 Å². The molecule has 3 rings (SSSR count). The molecule has 114 valence electrons. The van der Waals surface area contributed by atoms with Crippen LogP contribution in [0.1, 0.15) is 26.8 Å². The molecule has 1 aromatic carbocycles. The molecule has 5 nitrogen and oxygen atoms in total. The van der Waals surface area contributed by atoms with Crippen molar-refractivity contribution in [3.05, 3.63) is 46.2 Å². The molecule has 1 amide bonds. The van der Waals surface area contributed by atoms with Crippen molar-refractivity contribution >= 4 is 27.5 Å². The Hall–Kier alpha value is -2.21. The van der Waals surface area contributed by atoms with Crippen LogP contribution in [-0.4, -0.2) is 32.6 Å². The van der Waals surface area contributed by atoms with Gasteiger partial charge in [-0.3, -0.25) is 9.48 Å². The molecule has 0 spiro atoms. The number of para-hydroxylation sites is 1. The summed E-state index contributed by atoms with van der Waals surface area (Å²) in [5.74, 6) is -0.0117. The van der Waals surface area contributed by atoms with Gasteiger partial charge in [0, 0.05) is 19.8 Å². The number of hydrogen-bond donors (Lipinski definition) is 0. The molecule has 0 radical (unpaired) electrons. The van der Waals surface area contributed by atoms with Gasteiger partial charge in [-0.2, -0.15) is 5.10 Å². The smallest absolute Gasteiger partial charge is 0.257 e. The summed E-state index contributed by atoms with van der Waals surface area (Å²) < 4.78 is 2.89. The second-order valence-electron chi connectivity index (χ2n) is 5.41. The molecule has 0 bridgehead atoms. The zero-order valence-electron chi connectivity index (χ0n) is 13.1. The Labute approximate surface area is 133 Å². The van der Waals surface area contributed by atoms with Crippen LogP contribution in [0.15, 0.2) is 24.3 Å². The van der Waals surface area contributed by atoms with E-state index in [1.54, 1.807) is 28.0 Å². The number of carbonyl (C=O) groups excluding carboxylic acids is 1. The zero-order valence-corrected chi connectivity index (χ0v) is 13.9. The van der Waals surface area contributed by atoms with Crippen LogP contribution in [-0.2, 0) is 13.6 Å². The van der Waals surface area contributed by atoms with Gasteiger partial charge < -0.3 is 4.90 Å². The van der Waals surface area contributed by atoms with E-state index in [0.29, 0.717) is 12.1 Å². The molecule has 6 heteroatoms. The molecule has 0 saturated carbocycles. The Bertz CT molecular complexity index is 816. The standard InChI is InChI=1S/C16H18N4OS/c1-10-15(11(2)20(4)18-10)16(21)19(3)9-14-17-12-7-5-6-8-13(12)22-14/h5-8H,9H2,1-4H3. The Kier molecular flexibility index (Phi) is 3.70. The fourth-order valence-electron chi connectivity index (χ4n) is 2.54. The molecule has 0 aliphatic heterocycles. The molecule has 2 aromatic heterocycles. The van der Waals surface area contributed by atoms with E-state index in [1.807, 2.05) is 45.2 Å². The minimum absolute atomic E-state index is 0.0117. The van der Waals surface area contributed by atoms with Crippen LogP contribution in [0.4, 0.5) is 0 Å². The highest BCUT2D eigenvalue weighted by molar-refractivity contribution is 7.18. The molecule has 2 heterocycles. The Balaban J connectivity index is 1.84. The van der Waals surface area contributed by atoms with Crippen LogP contribution in [0.25, 0.3) is 10.2 Å². The van der Waals surface area contributed by atoms with E-state index in [4.69, 9.17) is 0 Å². The number of aromatic nitrogens is 3. The van der Waals surface area contributed by atoms with Gasteiger partial charge in [0.25, 0.3) is 5.91 Å². The van der Waals surface area contributed by atoms with Gasteiger partial charge in [-0.15, -0.1) is 11.3 Å². The topological polar surface area (TPSA) is 51.0 Å². The van der Waals surface area contributed by atoms with Crippen molar-refractivity contribution < 1.29 is 4.79 Å². The van der Waals surface area contributed by atoms with E-state index in [-0.39, 0.29) is 5.91 Å². The maximum absolute atomic E-state index is 12.7. The number of fused-ring (bicyclic) bond motifs is 1. The molecule has 3 aromatic rings. The second kappa shape index (κ2) is 5.53. The zero-order chi connectivity index (χ0) is 15.9. The van der Waals surface area contributed by atoms with Crippen molar-refractivity contribution in [1.29, 1.82) is 0 Å². The van der Waals surface area contributed by atoms with Crippen LogP contribution in [0.5, 0.6) is 0 Å². The highest BCUT2D eigenvalue weighted by atomic mass is 32.1. The maximum Gasteiger partial charge on any atom is 0.257 e. The van der Waals surface area contributed by atoms with Gasteiger partial charge >= 0.3 is 0 Å². The average molecular weight is 314 g/mol. The quantitative estimate of drug-likeness (QED) is 0.747. The predicted octanol–water partition coefficient (Wildman–Crippen LogP) is 2.92. The lowest BCUT2D eigenvalue weighted by atomic mass is 10.2.